The molecule has 0 aliphatic carbocycles. The highest BCUT2D eigenvalue weighted by Crippen LogP contribution is 2.16. The van der Waals surface area contributed by atoms with Gasteiger partial charge in [0.25, 0.3) is 0 Å². The molecule has 2 heterocycles. The molecule has 1 atom stereocenters. The zero-order valence-corrected chi connectivity index (χ0v) is 13.5. The van der Waals surface area contributed by atoms with E-state index in [1.165, 1.54) is 18.5 Å². The summed E-state index contributed by atoms with van der Waals surface area (Å²) >= 11 is 0. The van der Waals surface area contributed by atoms with Gasteiger partial charge in [-0.3, -0.25) is 9.58 Å². The van der Waals surface area contributed by atoms with E-state index in [0.717, 1.165) is 31.9 Å². The summed E-state index contributed by atoms with van der Waals surface area (Å²) in [6.45, 7) is 4.37. The number of hydrogen-bond acceptors (Lipinski definition) is 4. The Labute approximate surface area is 132 Å². The van der Waals surface area contributed by atoms with Crippen LogP contribution in [0.4, 0.5) is 0 Å². The third kappa shape index (κ3) is 3.72. The van der Waals surface area contributed by atoms with Crippen LogP contribution in [0.3, 0.4) is 0 Å². The highest BCUT2D eigenvalue weighted by Gasteiger charge is 2.25. The van der Waals surface area contributed by atoms with Crippen molar-refractivity contribution in [2.45, 2.75) is 25.4 Å². The van der Waals surface area contributed by atoms with Gasteiger partial charge in [0.1, 0.15) is 12.2 Å². The second-order valence-corrected chi connectivity index (χ2v) is 6.19. The van der Waals surface area contributed by atoms with Gasteiger partial charge in [-0.1, -0.05) is 30.3 Å². The van der Waals surface area contributed by atoms with Gasteiger partial charge in [0.2, 0.25) is 0 Å². The number of likely N-dealkylation sites (tertiary alicyclic amines) is 1. The Kier molecular flexibility index (Phi) is 4.85. The van der Waals surface area contributed by atoms with E-state index >= 15 is 0 Å². The molecule has 1 aromatic heterocycles. The molecule has 0 radical (unpaired) electrons. The summed E-state index contributed by atoms with van der Waals surface area (Å²) in [5.41, 5.74) is 1.43. The Balaban J connectivity index is 1.46. The smallest absolute Gasteiger partial charge is 0.140 e. The molecule has 0 bridgehead atoms. The molecule has 0 saturated carbocycles. The van der Waals surface area contributed by atoms with Crippen molar-refractivity contribution in [3.05, 3.63) is 48.0 Å². The molecule has 1 saturated heterocycles. The second kappa shape index (κ2) is 7.03. The molecule has 118 valence electrons. The summed E-state index contributed by atoms with van der Waals surface area (Å²) < 4.78 is 1.86. The first kappa shape index (κ1) is 15.2. The summed E-state index contributed by atoms with van der Waals surface area (Å²) in [6.07, 6.45) is 4.01. The fraction of sp³-hybridized carbons (Fsp3) is 0.529. The summed E-state index contributed by atoms with van der Waals surface area (Å²) in [7, 11) is 4.15. The van der Waals surface area contributed by atoms with Crippen molar-refractivity contribution in [1.82, 2.24) is 24.6 Å². The van der Waals surface area contributed by atoms with Gasteiger partial charge in [0.05, 0.1) is 6.54 Å². The number of aryl methyl sites for hydroxylation is 1. The molecule has 0 unspecified atom stereocenters. The van der Waals surface area contributed by atoms with Crippen molar-refractivity contribution in [3.63, 3.8) is 0 Å². The highest BCUT2D eigenvalue weighted by molar-refractivity contribution is 5.14. The van der Waals surface area contributed by atoms with E-state index in [4.69, 9.17) is 0 Å². The van der Waals surface area contributed by atoms with Crippen molar-refractivity contribution in [1.29, 1.82) is 0 Å². The van der Waals surface area contributed by atoms with Gasteiger partial charge in [0, 0.05) is 26.2 Å². The molecule has 1 aromatic carbocycles. The lowest BCUT2D eigenvalue weighted by molar-refractivity contribution is 0.218. The van der Waals surface area contributed by atoms with E-state index in [2.05, 4.69) is 57.3 Å². The maximum Gasteiger partial charge on any atom is 0.140 e. The fourth-order valence-electron chi connectivity index (χ4n) is 3.12. The first-order valence-electron chi connectivity index (χ1n) is 8.02. The number of aromatic nitrogens is 3. The van der Waals surface area contributed by atoms with Crippen molar-refractivity contribution >= 4 is 0 Å². The molecule has 1 aliphatic rings. The van der Waals surface area contributed by atoms with Crippen molar-refractivity contribution in [2.24, 2.45) is 7.05 Å². The zero-order chi connectivity index (χ0) is 15.4. The Hall–Kier alpha value is -1.72. The maximum atomic E-state index is 4.32. The average Bonchev–Trinajstić information content (AvgIpc) is 3.16. The van der Waals surface area contributed by atoms with Crippen molar-refractivity contribution in [2.75, 3.05) is 26.7 Å². The van der Waals surface area contributed by atoms with E-state index in [1.54, 1.807) is 6.33 Å². The fourth-order valence-corrected chi connectivity index (χ4v) is 3.12. The van der Waals surface area contributed by atoms with Crippen LogP contribution in [0, 0.1) is 0 Å². The predicted molar refractivity (Wildman–Crippen MR) is 87.5 cm³/mol. The van der Waals surface area contributed by atoms with Crippen LogP contribution >= 0.6 is 0 Å². The number of benzene rings is 1. The minimum absolute atomic E-state index is 0.618. The first-order valence-corrected chi connectivity index (χ1v) is 8.02. The van der Waals surface area contributed by atoms with E-state index in [9.17, 15) is 0 Å². The predicted octanol–water partition coefficient (Wildman–Crippen LogP) is 1.56. The standard InChI is InChI=1S/C17H25N5/c1-20(13-17-18-14-19-21(17)2)16-9-11-22(12-16)10-8-15-6-4-3-5-7-15/h3-7,14,16H,8-13H2,1-2H3/t16-/m1/s1. The third-order valence-electron chi connectivity index (χ3n) is 4.63. The van der Waals surface area contributed by atoms with Crippen LogP contribution in [-0.4, -0.2) is 57.3 Å². The molecule has 0 amide bonds. The SMILES string of the molecule is CN(Cc1ncnn1C)[C@@H]1CCN(CCc2ccccc2)C1. The van der Waals surface area contributed by atoms with E-state index in [1.807, 2.05) is 11.7 Å². The molecule has 1 fully saturated rings. The number of rotatable bonds is 6. The van der Waals surface area contributed by atoms with Gasteiger partial charge in [-0.2, -0.15) is 5.10 Å². The largest absolute Gasteiger partial charge is 0.301 e. The Morgan fingerprint density at radius 2 is 2.09 bits per heavy atom. The highest BCUT2D eigenvalue weighted by atomic mass is 15.3. The van der Waals surface area contributed by atoms with Crippen molar-refractivity contribution < 1.29 is 0 Å². The summed E-state index contributed by atoms with van der Waals surface area (Å²) in [5, 5.41) is 4.14. The number of hydrogen-bond donors (Lipinski definition) is 0. The third-order valence-corrected chi connectivity index (χ3v) is 4.63. The van der Waals surface area contributed by atoms with Crippen molar-refractivity contribution in [3.8, 4) is 0 Å². The summed E-state index contributed by atoms with van der Waals surface area (Å²) in [5.74, 6) is 1.03. The van der Waals surface area contributed by atoms with Gasteiger partial charge in [-0.25, -0.2) is 4.98 Å². The van der Waals surface area contributed by atoms with Crippen LogP contribution < -0.4 is 0 Å². The van der Waals surface area contributed by atoms with Gasteiger partial charge < -0.3 is 4.90 Å². The lowest BCUT2D eigenvalue weighted by atomic mass is 10.1. The molecular formula is C17H25N5. The van der Waals surface area contributed by atoms with Gasteiger partial charge >= 0.3 is 0 Å². The van der Waals surface area contributed by atoms with Crippen LogP contribution in [0.1, 0.15) is 17.8 Å². The van der Waals surface area contributed by atoms with E-state index < -0.39 is 0 Å². The van der Waals surface area contributed by atoms with Gasteiger partial charge in [0.15, 0.2) is 0 Å². The molecule has 3 rings (SSSR count). The van der Waals surface area contributed by atoms with Gasteiger partial charge in [-0.05, 0) is 32.0 Å². The van der Waals surface area contributed by atoms with E-state index in [0.29, 0.717) is 6.04 Å². The van der Waals surface area contributed by atoms with Gasteiger partial charge in [-0.15, -0.1) is 0 Å². The molecule has 5 heteroatoms. The quantitative estimate of drug-likeness (QED) is 0.811. The van der Waals surface area contributed by atoms with Crippen LogP contribution in [-0.2, 0) is 20.0 Å². The normalized spacial score (nSPS) is 19.1. The Morgan fingerprint density at radius 1 is 1.27 bits per heavy atom. The maximum absolute atomic E-state index is 4.32. The van der Waals surface area contributed by atoms with Crippen LogP contribution in [0.5, 0.6) is 0 Å². The molecule has 0 spiro atoms. The Morgan fingerprint density at radius 3 is 2.82 bits per heavy atom. The minimum atomic E-state index is 0.618. The lowest BCUT2D eigenvalue weighted by Crippen LogP contribution is -2.35. The molecule has 1 aliphatic heterocycles. The first-order chi connectivity index (χ1) is 10.7. The average molecular weight is 299 g/mol. The number of nitrogens with zero attached hydrogens (tertiary/aromatic N) is 5. The zero-order valence-electron chi connectivity index (χ0n) is 13.5. The topological polar surface area (TPSA) is 37.2 Å². The van der Waals surface area contributed by atoms with E-state index in [-0.39, 0.29) is 0 Å². The molecule has 5 nitrogen and oxygen atoms in total. The molecule has 22 heavy (non-hydrogen) atoms. The monoisotopic (exact) mass is 299 g/mol. The summed E-state index contributed by atoms with van der Waals surface area (Å²) in [4.78, 5) is 9.30. The minimum Gasteiger partial charge on any atom is -0.301 e. The van der Waals surface area contributed by atoms with Crippen LogP contribution in [0.15, 0.2) is 36.7 Å². The molecule has 0 N–H and O–H groups in total. The Bertz CT molecular complexity index is 580. The molecule has 2 aromatic rings. The molecular weight excluding hydrogens is 274 g/mol. The lowest BCUT2D eigenvalue weighted by Gasteiger charge is -2.24. The summed E-state index contributed by atoms with van der Waals surface area (Å²) in [6, 6.07) is 11.4. The second-order valence-electron chi connectivity index (χ2n) is 6.19. The number of likely N-dealkylation sites (N-methyl/N-ethyl adjacent to an activating group) is 1. The van der Waals surface area contributed by atoms with Crippen LogP contribution in [0.2, 0.25) is 0 Å². The van der Waals surface area contributed by atoms with Crippen LogP contribution in [0.25, 0.3) is 0 Å².